The van der Waals surface area contributed by atoms with Gasteiger partial charge in [-0.2, -0.15) is 0 Å². The maximum absolute atomic E-state index is 15.1. The lowest BCUT2D eigenvalue weighted by atomic mass is 9.77. The third kappa shape index (κ3) is 5.85. The van der Waals surface area contributed by atoms with Crippen molar-refractivity contribution in [2.24, 2.45) is 5.92 Å². The minimum atomic E-state index is -0.700. The topological polar surface area (TPSA) is 9.23 Å². The van der Waals surface area contributed by atoms with Crippen LogP contribution in [0, 0.1) is 17.6 Å². The Hall–Kier alpha value is -1.74. The zero-order valence-corrected chi connectivity index (χ0v) is 20.4. The van der Waals surface area contributed by atoms with Crippen molar-refractivity contribution in [3.63, 3.8) is 0 Å². The van der Waals surface area contributed by atoms with Gasteiger partial charge < -0.3 is 4.74 Å². The monoisotopic (exact) mass is 454 g/mol. The van der Waals surface area contributed by atoms with Gasteiger partial charge in [0.15, 0.2) is 11.6 Å². The van der Waals surface area contributed by atoms with E-state index in [0.29, 0.717) is 23.1 Å². The highest BCUT2D eigenvalue weighted by atomic mass is 19.2. The zero-order chi connectivity index (χ0) is 23.2. The van der Waals surface area contributed by atoms with Crippen molar-refractivity contribution in [2.45, 2.75) is 102 Å². The molecule has 2 atom stereocenters. The number of hydrogen-bond acceptors (Lipinski definition) is 1. The maximum Gasteiger partial charge on any atom is 0.166 e. The Labute approximate surface area is 198 Å². The highest BCUT2D eigenvalue weighted by Crippen LogP contribution is 2.40. The molecular formula is C30H40F2O. The molecule has 0 bridgehead atoms. The van der Waals surface area contributed by atoms with Crippen LogP contribution in [0.3, 0.4) is 0 Å². The van der Waals surface area contributed by atoms with Gasteiger partial charge in [-0.3, -0.25) is 0 Å². The van der Waals surface area contributed by atoms with Crippen LogP contribution in [0.2, 0.25) is 0 Å². The molecular weight excluding hydrogens is 414 g/mol. The van der Waals surface area contributed by atoms with Gasteiger partial charge in [0.25, 0.3) is 0 Å². The summed E-state index contributed by atoms with van der Waals surface area (Å²) in [6, 6.07) is 11.6. The van der Waals surface area contributed by atoms with Crippen molar-refractivity contribution >= 4 is 0 Å². The quantitative estimate of drug-likeness (QED) is 0.361. The third-order valence-corrected chi connectivity index (χ3v) is 8.17. The molecule has 1 aliphatic carbocycles. The molecule has 0 amide bonds. The molecule has 2 aliphatic rings. The second kappa shape index (κ2) is 11.6. The standard InChI is InChI=1S/C30H40F2O/c1-3-5-6-7-26-17-16-25(20-33-26)22-12-14-24(15-13-22)28-19-18-27(29(31)30(28)32)23-10-8-21(4-2)9-11-23/h12-15,18-19,21,23,25-26H,3-11,16-17,20H2,1-2H3. The van der Waals surface area contributed by atoms with Crippen molar-refractivity contribution < 1.29 is 13.5 Å². The Morgan fingerprint density at radius 2 is 1.52 bits per heavy atom. The number of ether oxygens (including phenoxy) is 1. The highest BCUT2D eigenvalue weighted by Gasteiger charge is 2.26. The van der Waals surface area contributed by atoms with E-state index < -0.39 is 11.6 Å². The molecule has 1 heterocycles. The van der Waals surface area contributed by atoms with Crippen molar-refractivity contribution in [3.8, 4) is 11.1 Å². The summed E-state index contributed by atoms with van der Waals surface area (Å²) in [7, 11) is 0. The molecule has 1 nitrogen and oxygen atoms in total. The molecule has 0 aromatic heterocycles. The van der Waals surface area contributed by atoms with Crippen molar-refractivity contribution in [1.29, 1.82) is 0 Å². The van der Waals surface area contributed by atoms with Crippen LogP contribution in [0.5, 0.6) is 0 Å². The smallest absolute Gasteiger partial charge is 0.166 e. The van der Waals surface area contributed by atoms with Gasteiger partial charge in [0.05, 0.1) is 12.7 Å². The maximum atomic E-state index is 15.1. The van der Waals surface area contributed by atoms with Crippen molar-refractivity contribution in [3.05, 3.63) is 59.2 Å². The molecule has 0 spiro atoms. The van der Waals surface area contributed by atoms with Gasteiger partial charge in [0.2, 0.25) is 0 Å². The second-order valence-corrected chi connectivity index (χ2v) is 10.3. The first kappa shape index (κ1) is 24.4. The Kier molecular flexibility index (Phi) is 8.57. The summed E-state index contributed by atoms with van der Waals surface area (Å²) < 4.78 is 36.2. The molecule has 0 radical (unpaired) electrons. The van der Waals surface area contributed by atoms with E-state index in [0.717, 1.165) is 56.6 Å². The largest absolute Gasteiger partial charge is 0.378 e. The summed E-state index contributed by atoms with van der Waals surface area (Å²) >= 11 is 0. The number of benzene rings is 2. The summed E-state index contributed by atoms with van der Waals surface area (Å²) in [4.78, 5) is 0. The predicted molar refractivity (Wildman–Crippen MR) is 133 cm³/mol. The molecule has 180 valence electrons. The number of unbranched alkanes of at least 4 members (excludes halogenated alkanes) is 2. The van der Waals surface area contributed by atoms with Crippen LogP contribution >= 0.6 is 0 Å². The van der Waals surface area contributed by atoms with E-state index in [9.17, 15) is 0 Å². The lowest BCUT2D eigenvalue weighted by Crippen LogP contribution is -2.24. The SMILES string of the molecule is CCCCCC1CCC(c2ccc(-c3ccc(C4CCC(CC)CC4)c(F)c3F)cc2)CO1. The molecule has 4 rings (SSSR count). The predicted octanol–water partition coefficient (Wildman–Crippen LogP) is 9.16. The first-order chi connectivity index (χ1) is 16.1. The number of rotatable bonds is 8. The van der Waals surface area contributed by atoms with Gasteiger partial charge in [-0.05, 0) is 73.5 Å². The first-order valence-electron chi connectivity index (χ1n) is 13.3. The molecule has 0 N–H and O–H groups in total. The van der Waals surface area contributed by atoms with Gasteiger partial charge in [-0.25, -0.2) is 8.78 Å². The van der Waals surface area contributed by atoms with Crippen LogP contribution in [0.25, 0.3) is 11.1 Å². The van der Waals surface area contributed by atoms with E-state index in [2.05, 4.69) is 26.0 Å². The summed E-state index contributed by atoms with van der Waals surface area (Å²) in [5.74, 6) is -0.0620. The Morgan fingerprint density at radius 3 is 2.15 bits per heavy atom. The van der Waals surface area contributed by atoms with Crippen LogP contribution in [0.15, 0.2) is 36.4 Å². The van der Waals surface area contributed by atoms with Crippen molar-refractivity contribution in [2.75, 3.05) is 6.61 Å². The lowest BCUT2D eigenvalue weighted by molar-refractivity contribution is -0.00207. The van der Waals surface area contributed by atoms with Gasteiger partial charge in [-0.15, -0.1) is 0 Å². The van der Waals surface area contributed by atoms with E-state index in [1.54, 1.807) is 6.07 Å². The van der Waals surface area contributed by atoms with E-state index >= 15 is 8.78 Å². The molecule has 1 aliphatic heterocycles. The zero-order valence-electron chi connectivity index (χ0n) is 20.4. The van der Waals surface area contributed by atoms with Gasteiger partial charge in [0, 0.05) is 11.5 Å². The molecule has 2 aromatic carbocycles. The molecule has 3 heteroatoms. The van der Waals surface area contributed by atoms with Gasteiger partial charge in [-0.1, -0.05) is 75.9 Å². The van der Waals surface area contributed by atoms with Crippen LogP contribution in [-0.4, -0.2) is 12.7 Å². The first-order valence-corrected chi connectivity index (χ1v) is 13.3. The molecule has 33 heavy (non-hydrogen) atoms. The molecule has 1 saturated carbocycles. The fraction of sp³-hybridized carbons (Fsp3) is 0.600. The Bertz CT molecular complexity index is 875. The van der Waals surface area contributed by atoms with E-state index in [1.165, 1.54) is 37.7 Å². The van der Waals surface area contributed by atoms with Crippen LogP contribution < -0.4 is 0 Å². The third-order valence-electron chi connectivity index (χ3n) is 8.17. The van der Waals surface area contributed by atoms with Gasteiger partial charge in [0.1, 0.15) is 0 Å². The average molecular weight is 455 g/mol. The average Bonchev–Trinajstić information content (AvgIpc) is 2.86. The van der Waals surface area contributed by atoms with E-state index in [-0.39, 0.29) is 5.92 Å². The molecule has 2 unspecified atom stereocenters. The van der Waals surface area contributed by atoms with E-state index in [4.69, 9.17) is 4.74 Å². The molecule has 2 fully saturated rings. The summed E-state index contributed by atoms with van der Waals surface area (Å²) in [5, 5.41) is 0. The van der Waals surface area contributed by atoms with E-state index in [1.807, 2.05) is 18.2 Å². The minimum absolute atomic E-state index is 0.149. The summed E-state index contributed by atoms with van der Waals surface area (Å²) in [6.45, 7) is 5.21. The molecule has 2 aromatic rings. The lowest BCUT2D eigenvalue weighted by Gasteiger charge is -2.29. The van der Waals surface area contributed by atoms with Crippen LogP contribution in [0.1, 0.15) is 107 Å². The Balaban J connectivity index is 1.39. The fourth-order valence-corrected chi connectivity index (χ4v) is 5.84. The van der Waals surface area contributed by atoms with Crippen LogP contribution in [-0.2, 0) is 4.74 Å². The number of halogens is 2. The van der Waals surface area contributed by atoms with Gasteiger partial charge >= 0.3 is 0 Å². The molecule has 1 saturated heterocycles. The Morgan fingerprint density at radius 1 is 0.788 bits per heavy atom. The summed E-state index contributed by atoms with van der Waals surface area (Å²) in [6.07, 6.45) is 12.9. The van der Waals surface area contributed by atoms with Crippen LogP contribution in [0.4, 0.5) is 8.78 Å². The second-order valence-electron chi connectivity index (χ2n) is 10.3. The number of hydrogen-bond donors (Lipinski definition) is 0. The van der Waals surface area contributed by atoms with Crippen molar-refractivity contribution in [1.82, 2.24) is 0 Å². The normalized spacial score (nSPS) is 25.8. The minimum Gasteiger partial charge on any atom is -0.378 e. The highest BCUT2D eigenvalue weighted by molar-refractivity contribution is 5.65. The fourth-order valence-electron chi connectivity index (χ4n) is 5.84. The summed E-state index contributed by atoms with van der Waals surface area (Å²) in [5.41, 5.74) is 2.90.